The van der Waals surface area contributed by atoms with Gasteiger partial charge in [-0.15, -0.1) is 16.4 Å². The summed E-state index contributed by atoms with van der Waals surface area (Å²) >= 11 is 7.55. The third kappa shape index (κ3) is 5.20. The number of halogens is 1. The van der Waals surface area contributed by atoms with Crippen molar-refractivity contribution in [3.63, 3.8) is 0 Å². The summed E-state index contributed by atoms with van der Waals surface area (Å²) in [6.07, 6.45) is 3.18. The van der Waals surface area contributed by atoms with Crippen molar-refractivity contribution in [3.05, 3.63) is 87.6 Å². The van der Waals surface area contributed by atoms with Gasteiger partial charge in [0.1, 0.15) is 5.75 Å². The maximum atomic E-state index is 12.9. The van der Waals surface area contributed by atoms with E-state index >= 15 is 0 Å². The van der Waals surface area contributed by atoms with Gasteiger partial charge in [0.25, 0.3) is 5.91 Å². The molecule has 0 aliphatic carbocycles. The van der Waals surface area contributed by atoms with E-state index in [9.17, 15) is 4.79 Å². The van der Waals surface area contributed by atoms with Crippen molar-refractivity contribution in [2.24, 2.45) is 0 Å². The maximum Gasteiger partial charge on any atom is 0.274 e. The summed E-state index contributed by atoms with van der Waals surface area (Å²) in [5.74, 6) is 1.26. The lowest BCUT2D eigenvalue weighted by atomic mass is 10.2. The minimum absolute atomic E-state index is 0.309. The smallest absolute Gasteiger partial charge is 0.274 e. The molecule has 8 heteroatoms. The molecule has 0 spiro atoms. The van der Waals surface area contributed by atoms with Crippen LogP contribution in [0.5, 0.6) is 5.75 Å². The zero-order valence-corrected chi connectivity index (χ0v) is 18.2. The third-order valence-corrected chi connectivity index (χ3v) is 5.58. The molecule has 0 aliphatic heterocycles. The van der Waals surface area contributed by atoms with E-state index in [0.717, 1.165) is 21.8 Å². The molecule has 0 amide bonds. The largest absolute Gasteiger partial charge is 0.497 e. The zero-order chi connectivity index (χ0) is 21.6. The number of rotatable bonds is 7. The summed E-state index contributed by atoms with van der Waals surface area (Å²) in [7, 11) is 1.61. The fraction of sp³-hybridized carbons (Fsp3) is 0.0870. The van der Waals surface area contributed by atoms with Crippen molar-refractivity contribution < 1.29 is 9.53 Å². The number of carbonyl (C=O) groups is 1. The van der Waals surface area contributed by atoms with Crippen molar-refractivity contribution in [3.8, 4) is 17.1 Å². The van der Waals surface area contributed by atoms with Crippen LogP contribution in [0.3, 0.4) is 0 Å². The Morgan fingerprint density at radius 1 is 1.16 bits per heavy atom. The molecular weight excluding hydrogens is 432 g/mol. The SMILES string of the molecule is COc1ccc(-c2nc(NCc3cccs3)n(C(=O)C=Cc3ccc(Cl)cc3)n2)cc1. The summed E-state index contributed by atoms with van der Waals surface area (Å²) < 4.78 is 6.48. The number of aromatic nitrogens is 3. The number of hydrogen-bond acceptors (Lipinski definition) is 6. The molecule has 0 atom stereocenters. The summed E-state index contributed by atoms with van der Waals surface area (Å²) in [6, 6.07) is 18.6. The average Bonchev–Trinajstić information content (AvgIpc) is 3.47. The van der Waals surface area contributed by atoms with Crippen LogP contribution in [-0.2, 0) is 6.54 Å². The van der Waals surface area contributed by atoms with Gasteiger partial charge >= 0.3 is 0 Å². The molecule has 0 fully saturated rings. The van der Waals surface area contributed by atoms with Crippen LogP contribution in [0, 0.1) is 0 Å². The Morgan fingerprint density at radius 3 is 2.61 bits per heavy atom. The molecule has 0 aliphatic rings. The van der Waals surface area contributed by atoms with E-state index in [4.69, 9.17) is 16.3 Å². The Bertz CT molecular complexity index is 1180. The predicted molar refractivity (Wildman–Crippen MR) is 125 cm³/mol. The van der Waals surface area contributed by atoms with Gasteiger partial charge in [0.05, 0.1) is 13.7 Å². The van der Waals surface area contributed by atoms with Crippen molar-refractivity contribution in [2.75, 3.05) is 12.4 Å². The number of carbonyl (C=O) groups excluding carboxylic acids is 1. The average molecular weight is 451 g/mol. The molecule has 2 aromatic heterocycles. The Morgan fingerprint density at radius 2 is 1.94 bits per heavy atom. The molecule has 2 heterocycles. The highest BCUT2D eigenvalue weighted by atomic mass is 35.5. The van der Waals surface area contributed by atoms with Crippen LogP contribution < -0.4 is 10.1 Å². The highest BCUT2D eigenvalue weighted by molar-refractivity contribution is 7.09. The van der Waals surface area contributed by atoms with Crippen LogP contribution in [0.15, 0.2) is 72.1 Å². The lowest BCUT2D eigenvalue weighted by Gasteiger charge is -2.04. The van der Waals surface area contributed by atoms with Crippen LogP contribution in [0.2, 0.25) is 5.02 Å². The topological polar surface area (TPSA) is 69.0 Å². The quantitative estimate of drug-likeness (QED) is 0.369. The summed E-state index contributed by atoms with van der Waals surface area (Å²) in [5.41, 5.74) is 1.65. The van der Waals surface area contributed by atoms with E-state index < -0.39 is 0 Å². The van der Waals surface area contributed by atoms with Gasteiger partial charge in [0, 0.05) is 21.5 Å². The normalized spacial score (nSPS) is 11.0. The number of thiophene rings is 1. The molecule has 0 saturated carbocycles. The van der Waals surface area contributed by atoms with E-state index in [1.165, 1.54) is 10.8 Å². The van der Waals surface area contributed by atoms with E-state index in [2.05, 4.69) is 15.4 Å². The zero-order valence-electron chi connectivity index (χ0n) is 16.7. The summed E-state index contributed by atoms with van der Waals surface area (Å²) in [4.78, 5) is 18.6. The monoisotopic (exact) mass is 450 g/mol. The van der Waals surface area contributed by atoms with E-state index in [1.54, 1.807) is 36.7 Å². The summed E-state index contributed by atoms with van der Waals surface area (Å²) in [6.45, 7) is 0.548. The van der Waals surface area contributed by atoms with Gasteiger partial charge in [0.2, 0.25) is 5.95 Å². The van der Waals surface area contributed by atoms with E-state index in [0.29, 0.717) is 23.3 Å². The highest BCUT2D eigenvalue weighted by Crippen LogP contribution is 2.22. The molecule has 2 aromatic carbocycles. The van der Waals surface area contributed by atoms with Crippen molar-refractivity contribution in [2.45, 2.75) is 6.54 Å². The molecule has 0 unspecified atom stereocenters. The number of methoxy groups -OCH3 is 1. The minimum Gasteiger partial charge on any atom is -0.497 e. The Kier molecular flexibility index (Phi) is 6.45. The molecule has 4 rings (SSSR count). The van der Waals surface area contributed by atoms with Gasteiger partial charge in [-0.3, -0.25) is 4.79 Å². The number of ether oxygens (including phenoxy) is 1. The van der Waals surface area contributed by atoms with Crippen LogP contribution in [0.4, 0.5) is 5.95 Å². The predicted octanol–water partition coefficient (Wildman–Crippen LogP) is 5.63. The maximum absolute atomic E-state index is 12.9. The second-order valence-corrected chi connectivity index (χ2v) is 8.02. The van der Waals surface area contributed by atoms with Crippen LogP contribution in [0.1, 0.15) is 15.2 Å². The van der Waals surface area contributed by atoms with Crippen LogP contribution in [-0.4, -0.2) is 27.8 Å². The molecular formula is C23H19ClN4O2S. The van der Waals surface area contributed by atoms with Crippen molar-refractivity contribution >= 4 is 40.9 Å². The number of benzene rings is 2. The number of allylic oxidation sites excluding steroid dienone is 1. The van der Waals surface area contributed by atoms with Gasteiger partial charge in [-0.05, 0) is 59.5 Å². The first kappa shape index (κ1) is 20.8. The number of anilines is 1. The molecule has 0 saturated heterocycles. The van der Waals surface area contributed by atoms with Crippen LogP contribution in [0.25, 0.3) is 17.5 Å². The first-order valence-corrected chi connectivity index (χ1v) is 10.7. The first-order valence-electron chi connectivity index (χ1n) is 9.48. The molecule has 6 nitrogen and oxygen atoms in total. The second kappa shape index (κ2) is 9.59. The number of nitrogens with zero attached hydrogens (tertiary/aromatic N) is 3. The molecule has 0 radical (unpaired) electrons. The number of hydrogen-bond donors (Lipinski definition) is 1. The molecule has 31 heavy (non-hydrogen) atoms. The van der Waals surface area contributed by atoms with Gasteiger partial charge in [-0.1, -0.05) is 29.8 Å². The second-order valence-electron chi connectivity index (χ2n) is 6.56. The Balaban J connectivity index is 1.61. The van der Waals surface area contributed by atoms with Crippen molar-refractivity contribution in [1.82, 2.24) is 14.8 Å². The minimum atomic E-state index is -0.309. The van der Waals surface area contributed by atoms with E-state index in [1.807, 2.05) is 53.9 Å². The third-order valence-electron chi connectivity index (χ3n) is 4.45. The summed E-state index contributed by atoms with van der Waals surface area (Å²) in [5, 5.41) is 10.3. The highest BCUT2D eigenvalue weighted by Gasteiger charge is 2.16. The Hall–Kier alpha value is -3.42. The molecule has 156 valence electrons. The van der Waals surface area contributed by atoms with Crippen LogP contribution >= 0.6 is 22.9 Å². The lowest BCUT2D eigenvalue weighted by molar-refractivity contribution is 0.0957. The fourth-order valence-electron chi connectivity index (χ4n) is 2.83. The van der Waals surface area contributed by atoms with Gasteiger partial charge in [0.15, 0.2) is 5.82 Å². The van der Waals surface area contributed by atoms with Crippen molar-refractivity contribution in [1.29, 1.82) is 0 Å². The first-order chi connectivity index (χ1) is 15.1. The lowest BCUT2D eigenvalue weighted by Crippen LogP contribution is -2.14. The molecule has 0 bridgehead atoms. The fourth-order valence-corrected chi connectivity index (χ4v) is 3.60. The number of nitrogens with one attached hydrogen (secondary N) is 1. The van der Waals surface area contributed by atoms with E-state index in [-0.39, 0.29) is 5.91 Å². The van der Waals surface area contributed by atoms with Gasteiger partial charge < -0.3 is 10.1 Å². The molecule has 4 aromatic rings. The standard InChI is InChI=1S/C23H19ClN4O2S/c1-30-19-11-7-17(8-12-19)22-26-23(25-15-20-3-2-14-31-20)28(27-22)21(29)13-6-16-4-9-18(24)10-5-16/h2-14H,15H2,1H3,(H,25,26,27). The van der Waals surface area contributed by atoms with Gasteiger partial charge in [-0.25, -0.2) is 0 Å². The Labute approximate surface area is 188 Å². The molecule has 1 N–H and O–H groups in total. The van der Waals surface area contributed by atoms with Gasteiger partial charge in [-0.2, -0.15) is 9.67 Å².